The van der Waals surface area contributed by atoms with Crippen molar-refractivity contribution in [2.75, 3.05) is 14.2 Å². The Morgan fingerprint density at radius 2 is 1.96 bits per heavy atom. The molecule has 0 saturated heterocycles. The number of benzene rings is 1. The number of rotatable bonds is 6. The van der Waals surface area contributed by atoms with Crippen molar-refractivity contribution in [2.24, 2.45) is 0 Å². The number of aromatic nitrogens is 2. The highest BCUT2D eigenvalue weighted by Crippen LogP contribution is 2.30. The van der Waals surface area contributed by atoms with Gasteiger partial charge in [-0.1, -0.05) is 0 Å². The Bertz CT molecular complexity index is 644. The number of aryl methyl sites for hydroxylation is 1. The summed E-state index contributed by atoms with van der Waals surface area (Å²) in [6, 6.07) is 6.37. The highest BCUT2D eigenvalue weighted by Gasteiger charge is 2.23. The first kappa shape index (κ1) is 15.9. The molecule has 23 heavy (non-hydrogen) atoms. The molecule has 0 aliphatic heterocycles. The van der Waals surface area contributed by atoms with Crippen LogP contribution < -0.4 is 14.8 Å². The molecule has 1 heterocycles. The first-order chi connectivity index (χ1) is 11.2. The SMILES string of the molecule is CCn1ncc2c1CCC[C@@H]2NCc1cc(OC)cc(OC)c1. The molecule has 0 amide bonds. The van der Waals surface area contributed by atoms with Gasteiger partial charge in [0.15, 0.2) is 0 Å². The number of methoxy groups -OCH3 is 2. The summed E-state index contributed by atoms with van der Waals surface area (Å²) in [5, 5.41) is 8.18. The van der Waals surface area contributed by atoms with Gasteiger partial charge >= 0.3 is 0 Å². The van der Waals surface area contributed by atoms with Gasteiger partial charge in [-0.05, 0) is 43.9 Å². The molecule has 3 rings (SSSR count). The summed E-state index contributed by atoms with van der Waals surface area (Å²) in [7, 11) is 3.36. The summed E-state index contributed by atoms with van der Waals surface area (Å²) in [6.45, 7) is 3.87. The predicted octanol–water partition coefficient (Wildman–Crippen LogP) is 3.09. The summed E-state index contributed by atoms with van der Waals surface area (Å²) in [4.78, 5) is 0. The van der Waals surface area contributed by atoms with E-state index in [1.807, 2.05) is 12.3 Å². The lowest BCUT2D eigenvalue weighted by Crippen LogP contribution is -2.25. The number of ether oxygens (including phenoxy) is 2. The van der Waals surface area contributed by atoms with Crippen molar-refractivity contribution in [3.8, 4) is 11.5 Å². The van der Waals surface area contributed by atoms with Gasteiger partial charge in [0.1, 0.15) is 11.5 Å². The minimum absolute atomic E-state index is 0.372. The lowest BCUT2D eigenvalue weighted by molar-refractivity contribution is 0.392. The average molecular weight is 315 g/mol. The van der Waals surface area contributed by atoms with Gasteiger partial charge in [0, 0.05) is 36.5 Å². The number of nitrogens with zero attached hydrogens (tertiary/aromatic N) is 2. The average Bonchev–Trinajstić information content (AvgIpc) is 3.03. The van der Waals surface area contributed by atoms with Crippen LogP contribution in [0.1, 0.15) is 42.6 Å². The minimum atomic E-state index is 0.372. The van der Waals surface area contributed by atoms with Gasteiger partial charge in [0.05, 0.1) is 20.4 Å². The van der Waals surface area contributed by atoms with Crippen LogP contribution in [0.25, 0.3) is 0 Å². The van der Waals surface area contributed by atoms with Crippen molar-refractivity contribution in [3.63, 3.8) is 0 Å². The van der Waals surface area contributed by atoms with Crippen LogP contribution in [0.2, 0.25) is 0 Å². The van der Waals surface area contributed by atoms with Crippen molar-refractivity contribution < 1.29 is 9.47 Å². The molecular formula is C18H25N3O2. The normalized spacial score (nSPS) is 16.9. The van der Waals surface area contributed by atoms with Crippen molar-refractivity contribution in [1.82, 2.24) is 15.1 Å². The predicted molar refractivity (Wildman–Crippen MR) is 90.0 cm³/mol. The van der Waals surface area contributed by atoms with E-state index in [0.717, 1.165) is 43.0 Å². The number of nitrogens with one attached hydrogen (secondary N) is 1. The Labute approximate surface area is 137 Å². The monoisotopic (exact) mass is 315 g/mol. The fraction of sp³-hybridized carbons (Fsp3) is 0.500. The van der Waals surface area contributed by atoms with E-state index in [2.05, 4.69) is 34.2 Å². The first-order valence-electron chi connectivity index (χ1n) is 8.25. The van der Waals surface area contributed by atoms with E-state index in [0.29, 0.717) is 6.04 Å². The Kier molecular flexibility index (Phi) is 4.86. The zero-order valence-electron chi connectivity index (χ0n) is 14.1. The van der Waals surface area contributed by atoms with Gasteiger partial charge in [-0.25, -0.2) is 0 Å². The summed E-state index contributed by atoms with van der Waals surface area (Å²) >= 11 is 0. The molecule has 1 N–H and O–H groups in total. The molecule has 0 fully saturated rings. The second-order valence-corrected chi connectivity index (χ2v) is 5.91. The molecule has 1 aromatic heterocycles. The van der Waals surface area contributed by atoms with Gasteiger partial charge in [-0.15, -0.1) is 0 Å². The van der Waals surface area contributed by atoms with Gasteiger partial charge in [-0.3, -0.25) is 4.68 Å². The minimum Gasteiger partial charge on any atom is -0.497 e. The number of hydrogen-bond donors (Lipinski definition) is 1. The third kappa shape index (κ3) is 3.34. The van der Waals surface area contributed by atoms with Crippen molar-refractivity contribution in [2.45, 2.75) is 45.3 Å². The van der Waals surface area contributed by atoms with E-state index in [9.17, 15) is 0 Å². The van der Waals surface area contributed by atoms with Crippen LogP contribution in [0.15, 0.2) is 24.4 Å². The van der Waals surface area contributed by atoms with Gasteiger partial charge in [0.25, 0.3) is 0 Å². The van der Waals surface area contributed by atoms with Crippen molar-refractivity contribution in [1.29, 1.82) is 0 Å². The summed E-state index contributed by atoms with van der Waals surface area (Å²) in [5.74, 6) is 1.65. The molecule has 0 radical (unpaired) electrons. The highest BCUT2D eigenvalue weighted by atomic mass is 16.5. The second kappa shape index (κ2) is 7.04. The van der Waals surface area contributed by atoms with E-state index in [-0.39, 0.29) is 0 Å². The van der Waals surface area contributed by atoms with Crippen LogP contribution in [0.5, 0.6) is 11.5 Å². The third-order valence-corrected chi connectivity index (χ3v) is 4.53. The van der Waals surface area contributed by atoms with Crippen LogP contribution in [0, 0.1) is 0 Å². The van der Waals surface area contributed by atoms with E-state index >= 15 is 0 Å². The fourth-order valence-electron chi connectivity index (χ4n) is 3.31. The third-order valence-electron chi connectivity index (χ3n) is 4.53. The molecule has 0 saturated carbocycles. The van der Waals surface area contributed by atoms with Gasteiger partial charge in [-0.2, -0.15) is 5.10 Å². The van der Waals surface area contributed by atoms with E-state index < -0.39 is 0 Å². The standard InChI is InChI=1S/C18H25N3O2/c1-4-21-18-7-5-6-17(16(18)12-20-21)19-11-13-8-14(22-2)10-15(9-13)23-3/h8-10,12,17,19H,4-7,11H2,1-3H3/t17-/m0/s1. The molecule has 1 atom stereocenters. The summed E-state index contributed by atoms with van der Waals surface area (Å²) in [6.07, 6.45) is 5.53. The molecule has 124 valence electrons. The first-order valence-corrected chi connectivity index (χ1v) is 8.25. The molecule has 5 heteroatoms. The van der Waals surface area contributed by atoms with Crippen LogP contribution in [0.4, 0.5) is 0 Å². The van der Waals surface area contributed by atoms with E-state index in [4.69, 9.17) is 9.47 Å². The van der Waals surface area contributed by atoms with Crippen LogP contribution in [-0.4, -0.2) is 24.0 Å². The van der Waals surface area contributed by atoms with Crippen LogP contribution in [-0.2, 0) is 19.5 Å². The Morgan fingerprint density at radius 3 is 2.61 bits per heavy atom. The fourth-order valence-corrected chi connectivity index (χ4v) is 3.31. The lowest BCUT2D eigenvalue weighted by Gasteiger charge is -2.24. The summed E-state index contributed by atoms with van der Waals surface area (Å²) < 4.78 is 12.8. The molecular weight excluding hydrogens is 290 g/mol. The smallest absolute Gasteiger partial charge is 0.122 e. The topological polar surface area (TPSA) is 48.3 Å². The highest BCUT2D eigenvalue weighted by molar-refractivity contribution is 5.38. The van der Waals surface area contributed by atoms with Crippen LogP contribution in [0.3, 0.4) is 0 Å². The molecule has 1 aliphatic carbocycles. The zero-order valence-corrected chi connectivity index (χ0v) is 14.1. The molecule has 0 unspecified atom stereocenters. The maximum absolute atomic E-state index is 5.34. The zero-order chi connectivity index (χ0) is 16.2. The summed E-state index contributed by atoms with van der Waals surface area (Å²) in [5.41, 5.74) is 3.91. The molecule has 1 aliphatic rings. The van der Waals surface area contributed by atoms with E-state index in [1.54, 1.807) is 14.2 Å². The van der Waals surface area contributed by atoms with Gasteiger partial charge < -0.3 is 14.8 Å². The van der Waals surface area contributed by atoms with Crippen molar-refractivity contribution >= 4 is 0 Å². The molecule has 0 bridgehead atoms. The van der Waals surface area contributed by atoms with Crippen LogP contribution >= 0.6 is 0 Å². The maximum Gasteiger partial charge on any atom is 0.122 e. The number of fused-ring (bicyclic) bond motifs is 1. The van der Waals surface area contributed by atoms with Crippen molar-refractivity contribution in [3.05, 3.63) is 41.2 Å². The molecule has 1 aromatic carbocycles. The molecule has 2 aromatic rings. The lowest BCUT2D eigenvalue weighted by atomic mass is 9.93. The second-order valence-electron chi connectivity index (χ2n) is 5.91. The molecule has 0 spiro atoms. The Balaban J connectivity index is 1.73. The van der Waals surface area contributed by atoms with E-state index in [1.165, 1.54) is 17.7 Å². The number of hydrogen-bond acceptors (Lipinski definition) is 4. The largest absolute Gasteiger partial charge is 0.497 e. The van der Waals surface area contributed by atoms with Gasteiger partial charge in [0.2, 0.25) is 0 Å². The quantitative estimate of drug-likeness (QED) is 0.890. The molecule has 5 nitrogen and oxygen atoms in total. The Hall–Kier alpha value is -2.01. The maximum atomic E-state index is 5.34. The Morgan fingerprint density at radius 1 is 1.22 bits per heavy atom.